The molecule has 0 spiro atoms. The second kappa shape index (κ2) is 7.37. The maximum absolute atomic E-state index is 11.7. The fourth-order valence-electron chi connectivity index (χ4n) is 1.70. The zero-order valence-electron chi connectivity index (χ0n) is 11.8. The van der Waals surface area contributed by atoms with Crippen molar-refractivity contribution in [2.45, 2.75) is 26.2 Å². The van der Waals surface area contributed by atoms with Gasteiger partial charge in [-0.05, 0) is 12.5 Å². The molecule has 0 atom stereocenters. The van der Waals surface area contributed by atoms with Gasteiger partial charge in [0.2, 0.25) is 5.91 Å². The molecule has 1 N–H and O–H groups in total. The summed E-state index contributed by atoms with van der Waals surface area (Å²) in [6, 6.07) is 2.68. The molecule has 0 bridgehead atoms. The lowest BCUT2D eigenvalue weighted by Gasteiger charge is -2.16. The minimum absolute atomic E-state index is 0.142. The smallest absolute Gasteiger partial charge is 0.224 e. The van der Waals surface area contributed by atoms with Gasteiger partial charge in [-0.2, -0.15) is 0 Å². The van der Waals surface area contributed by atoms with Gasteiger partial charge in [-0.3, -0.25) is 4.79 Å². The van der Waals surface area contributed by atoms with Crippen LogP contribution in [0.15, 0.2) is 12.1 Å². The van der Waals surface area contributed by atoms with Crippen molar-refractivity contribution in [3.63, 3.8) is 0 Å². The summed E-state index contributed by atoms with van der Waals surface area (Å²) in [5.41, 5.74) is -0.00347. The Bertz CT molecular complexity index is 499. The zero-order chi connectivity index (χ0) is 15.1. The van der Waals surface area contributed by atoms with E-state index in [0.29, 0.717) is 12.2 Å². The fraction of sp³-hybridized carbons (Fsp3) is 0.429. The van der Waals surface area contributed by atoms with Gasteiger partial charge in [0.15, 0.2) is 11.5 Å². The highest BCUT2D eigenvalue weighted by Crippen LogP contribution is 2.33. The average Bonchev–Trinajstić information content (AvgIpc) is 2.44. The molecular formula is C14H18NO5-. The van der Waals surface area contributed by atoms with E-state index in [9.17, 15) is 14.7 Å². The minimum Gasteiger partial charge on any atom is -0.545 e. The van der Waals surface area contributed by atoms with E-state index in [0.717, 1.165) is 12.8 Å². The van der Waals surface area contributed by atoms with E-state index in [-0.39, 0.29) is 22.9 Å². The summed E-state index contributed by atoms with van der Waals surface area (Å²) in [6.07, 6.45) is 1.95. The van der Waals surface area contributed by atoms with Gasteiger partial charge in [0.25, 0.3) is 0 Å². The third-order valence-corrected chi connectivity index (χ3v) is 2.78. The number of unbranched alkanes of at least 4 members (excludes halogenated alkanes) is 1. The molecule has 1 amide bonds. The number of ether oxygens (including phenoxy) is 2. The molecule has 0 aromatic heterocycles. The predicted molar refractivity (Wildman–Crippen MR) is 72.0 cm³/mol. The number of carbonyl (C=O) groups is 2. The summed E-state index contributed by atoms with van der Waals surface area (Å²) in [5, 5.41) is 13.7. The van der Waals surface area contributed by atoms with E-state index < -0.39 is 5.97 Å². The SMILES string of the molecule is CCCCC(=O)Nc1cc(OC)c(OC)cc1C(=O)[O-]. The van der Waals surface area contributed by atoms with Crippen molar-refractivity contribution in [2.75, 3.05) is 19.5 Å². The summed E-state index contributed by atoms with van der Waals surface area (Å²) in [6.45, 7) is 1.97. The monoisotopic (exact) mass is 280 g/mol. The van der Waals surface area contributed by atoms with Crippen LogP contribution in [0.5, 0.6) is 11.5 Å². The molecule has 1 aromatic carbocycles. The van der Waals surface area contributed by atoms with E-state index in [4.69, 9.17) is 9.47 Å². The molecular weight excluding hydrogens is 262 g/mol. The molecule has 0 fully saturated rings. The topological polar surface area (TPSA) is 87.7 Å². The van der Waals surface area contributed by atoms with Crippen LogP contribution >= 0.6 is 0 Å². The third kappa shape index (κ3) is 3.88. The quantitative estimate of drug-likeness (QED) is 0.810. The number of methoxy groups -OCH3 is 2. The highest BCUT2D eigenvalue weighted by atomic mass is 16.5. The molecule has 0 aliphatic rings. The maximum Gasteiger partial charge on any atom is 0.224 e. The van der Waals surface area contributed by atoms with Gasteiger partial charge < -0.3 is 24.7 Å². The molecule has 0 heterocycles. The molecule has 6 nitrogen and oxygen atoms in total. The lowest BCUT2D eigenvalue weighted by Crippen LogP contribution is -2.25. The predicted octanol–water partition coefficient (Wildman–Crippen LogP) is 1.20. The number of carboxylic acids is 1. The number of benzene rings is 1. The van der Waals surface area contributed by atoms with Crippen LogP contribution in [-0.4, -0.2) is 26.1 Å². The highest BCUT2D eigenvalue weighted by Gasteiger charge is 2.13. The third-order valence-electron chi connectivity index (χ3n) is 2.78. The largest absolute Gasteiger partial charge is 0.545 e. The first kappa shape index (κ1) is 15.8. The fourth-order valence-corrected chi connectivity index (χ4v) is 1.70. The number of anilines is 1. The molecule has 0 radical (unpaired) electrons. The Kier molecular flexibility index (Phi) is 5.83. The number of rotatable bonds is 7. The molecule has 0 saturated heterocycles. The van der Waals surface area contributed by atoms with E-state index in [1.165, 1.54) is 26.4 Å². The number of nitrogens with one attached hydrogen (secondary N) is 1. The Hall–Kier alpha value is -2.24. The molecule has 20 heavy (non-hydrogen) atoms. The van der Waals surface area contributed by atoms with Gasteiger partial charge in [0, 0.05) is 18.1 Å². The Morgan fingerprint density at radius 1 is 1.20 bits per heavy atom. The summed E-state index contributed by atoms with van der Waals surface area (Å²) in [7, 11) is 2.83. The van der Waals surface area contributed by atoms with Crippen LogP contribution in [0.1, 0.15) is 36.5 Å². The number of carboxylic acid groups (broad SMARTS) is 1. The lowest BCUT2D eigenvalue weighted by atomic mass is 10.1. The molecule has 0 saturated carbocycles. The van der Waals surface area contributed by atoms with Crippen molar-refractivity contribution in [1.29, 1.82) is 0 Å². The molecule has 1 aromatic rings. The van der Waals surface area contributed by atoms with Gasteiger partial charge in [-0.15, -0.1) is 0 Å². The van der Waals surface area contributed by atoms with Crippen LogP contribution < -0.4 is 19.9 Å². The second-order valence-corrected chi connectivity index (χ2v) is 4.19. The van der Waals surface area contributed by atoms with Crippen molar-refractivity contribution in [3.05, 3.63) is 17.7 Å². The van der Waals surface area contributed by atoms with Crippen molar-refractivity contribution < 1.29 is 24.2 Å². The van der Waals surface area contributed by atoms with Crippen LogP contribution in [0.2, 0.25) is 0 Å². The summed E-state index contributed by atoms with van der Waals surface area (Å²) in [4.78, 5) is 22.8. The van der Waals surface area contributed by atoms with Crippen molar-refractivity contribution in [1.82, 2.24) is 0 Å². The highest BCUT2D eigenvalue weighted by molar-refractivity contribution is 6.00. The van der Waals surface area contributed by atoms with Gasteiger partial charge >= 0.3 is 0 Å². The lowest BCUT2D eigenvalue weighted by molar-refractivity contribution is -0.254. The summed E-state index contributed by atoms with van der Waals surface area (Å²) < 4.78 is 10.1. The van der Waals surface area contributed by atoms with E-state index in [2.05, 4.69) is 5.32 Å². The van der Waals surface area contributed by atoms with Crippen LogP contribution in [0, 0.1) is 0 Å². The average molecular weight is 280 g/mol. The molecule has 0 aliphatic heterocycles. The standard InChI is InChI=1S/C14H19NO5/c1-4-5-6-13(16)15-10-8-12(20-3)11(19-2)7-9(10)14(17)18/h7-8H,4-6H2,1-3H3,(H,15,16)(H,17,18)/p-1. The Morgan fingerprint density at radius 3 is 2.30 bits per heavy atom. The Balaban J connectivity index is 3.09. The molecule has 0 aliphatic carbocycles. The number of hydrogen-bond acceptors (Lipinski definition) is 5. The van der Waals surface area contributed by atoms with Gasteiger partial charge in [0.05, 0.1) is 25.9 Å². The first-order valence-corrected chi connectivity index (χ1v) is 6.30. The Morgan fingerprint density at radius 2 is 1.80 bits per heavy atom. The minimum atomic E-state index is -1.39. The molecule has 0 unspecified atom stereocenters. The number of amides is 1. The first-order valence-electron chi connectivity index (χ1n) is 6.30. The number of aromatic carboxylic acids is 1. The van der Waals surface area contributed by atoms with Crippen molar-refractivity contribution in [2.24, 2.45) is 0 Å². The van der Waals surface area contributed by atoms with Gasteiger partial charge in [0.1, 0.15) is 0 Å². The zero-order valence-corrected chi connectivity index (χ0v) is 11.8. The number of carbonyl (C=O) groups excluding carboxylic acids is 2. The Labute approximate surface area is 117 Å². The van der Waals surface area contributed by atoms with E-state index in [1.807, 2.05) is 6.92 Å². The molecule has 1 rings (SSSR count). The van der Waals surface area contributed by atoms with Crippen LogP contribution in [0.25, 0.3) is 0 Å². The normalized spacial score (nSPS) is 9.95. The first-order chi connectivity index (χ1) is 9.53. The number of hydrogen-bond donors (Lipinski definition) is 1. The maximum atomic E-state index is 11.7. The van der Waals surface area contributed by atoms with E-state index in [1.54, 1.807) is 0 Å². The summed E-state index contributed by atoms with van der Waals surface area (Å²) >= 11 is 0. The van der Waals surface area contributed by atoms with Crippen LogP contribution in [-0.2, 0) is 4.79 Å². The summed E-state index contributed by atoms with van der Waals surface area (Å²) in [5.74, 6) is -1.04. The van der Waals surface area contributed by atoms with Gasteiger partial charge in [-0.1, -0.05) is 13.3 Å². The molecule has 6 heteroatoms. The second-order valence-electron chi connectivity index (χ2n) is 4.19. The van der Waals surface area contributed by atoms with Crippen molar-refractivity contribution >= 4 is 17.6 Å². The molecule has 110 valence electrons. The van der Waals surface area contributed by atoms with Crippen molar-refractivity contribution in [3.8, 4) is 11.5 Å². The van der Waals surface area contributed by atoms with E-state index >= 15 is 0 Å². The van der Waals surface area contributed by atoms with Crippen LogP contribution in [0.4, 0.5) is 5.69 Å². The van der Waals surface area contributed by atoms with Crippen LogP contribution in [0.3, 0.4) is 0 Å². The van der Waals surface area contributed by atoms with Gasteiger partial charge in [-0.25, -0.2) is 0 Å².